The second-order valence-corrected chi connectivity index (χ2v) is 6.53. The van der Waals surface area contributed by atoms with Gasteiger partial charge in [0.1, 0.15) is 0 Å². The molecule has 144 valence electrons. The fraction of sp³-hybridized carbons (Fsp3) is 0.263. The van der Waals surface area contributed by atoms with Crippen LogP contribution in [0.3, 0.4) is 0 Å². The summed E-state index contributed by atoms with van der Waals surface area (Å²) in [4.78, 5) is 25.6. The largest absolute Gasteiger partial charge is 0.491 e. The van der Waals surface area contributed by atoms with Gasteiger partial charge in [-0.15, -0.1) is 0 Å². The lowest BCUT2D eigenvalue weighted by Gasteiger charge is -2.18. The number of amides is 1. The van der Waals surface area contributed by atoms with E-state index in [1.807, 2.05) is 31.1 Å². The molecule has 0 aromatic carbocycles. The Balaban J connectivity index is 1.82. The lowest BCUT2D eigenvalue weighted by atomic mass is 10.1. The molecule has 1 amide bonds. The Morgan fingerprint density at radius 3 is 2.64 bits per heavy atom. The third-order valence-corrected chi connectivity index (χ3v) is 4.65. The molecule has 0 spiro atoms. The number of carbonyl (C=O) groups excluding carboxylic acids is 1. The molecular formula is C19H20N6O3. The molecule has 9 nitrogen and oxygen atoms in total. The van der Waals surface area contributed by atoms with Gasteiger partial charge in [-0.25, -0.2) is 9.97 Å². The van der Waals surface area contributed by atoms with Crippen LogP contribution in [-0.2, 0) is 6.54 Å². The Morgan fingerprint density at radius 2 is 2.00 bits per heavy atom. The van der Waals surface area contributed by atoms with Crippen LogP contribution < -0.4 is 19.3 Å². The molecule has 1 aliphatic heterocycles. The second-order valence-electron chi connectivity index (χ2n) is 6.53. The predicted molar refractivity (Wildman–Crippen MR) is 104 cm³/mol. The van der Waals surface area contributed by atoms with E-state index in [1.165, 1.54) is 0 Å². The number of carbonyl (C=O) groups is 1. The van der Waals surface area contributed by atoms with Crippen molar-refractivity contribution in [3.05, 3.63) is 42.0 Å². The fourth-order valence-corrected chi connectivity index (χ4v) is 3.26. The van der Waals surface area contributed by atoms with E-state index < -0.39 is 0 Å². The summed E-state index contributed by atoms with van der Waals surface area (Å²) < 4.78 is 10.6. The zero-order valence-corrected chi connectivity index (χ0v) is 16.1. The first kappa shape index (κ1) is 17.8. The average Bonchev–Trinajstić information content (AvgIpc) is 3.34. The summed E-state index contributed by atoms with van der Waals surface area (Å²) in [5.74, 6) is 0.830. The van der Waals surface area contributed by atoms with E-state index in [-0.39, 0.29) is 5.91 Å². The highest BCUT2D eigenvalue weighted by molar-refractivity contribution is 6.13. The van der Waals surface area contributed by atoms with Crippen molar-refractivity contribution in [2.45, 2.75) is 6.54 Å². The highest BCUT2D eigenvalue weighted by Crippen LogP contribution is 2.36. The number of rotatable bonds is 5. The summed E-state index contributed by atoms with van der Waals surface area (Å²) in [6.45, 7) is 0.378. The summed E-state index contributed by atoms with van der Waals surface area (Å²) in [6, 6.07) is 3.71. The summed E-state index contributed by atoms with van der Waals surface area (Å²) in [5, 5.41) is 6.68. The number of pyridine rings is 2. The maximum absolute atomic E-state index is 13.0. The Labute approximate surface area is 161 Å². The fourth-order valence-electron chi connectivity index (χ4n) is 3.26. The minimum atomic E-state index is -0.0930. The Morgan fingerprint density at radius 1 is 1.18 bits per heavy atom. The normalized spacial score (nSPS) is 12.9. The van der Waals surface area contributed by atoms with Gasteiger partial charge in [-0.2, -0.15) is 5.10 Å². The number of nitrogens with one attached hydrogen (secondary N) is 1. The van der Waals surface area contributed by atoms with Crippen LogP contribution in [0.2, 0.25) is 0 Å². The minimum absolute atomic E-state index is 0.0930. The van der Waals surface area contributed by atoms with Crippen molar-refractivity contribution in [3.8, 4) is 22.9 Å². The van der Waals surface area contributed by atoms with Gasteiger partial charge in [-0.3, -0.25) is 14.8 Å². The van der Waals surface area contributed by atoms with E-state index in [1.54, 1.807) is 37.7 Å². The van der Waals surface area contributed by atoms with Gasteiger partial charge in [0.05, 0.1) is 55.3 Å². The zero-order chi connectivity index (χ0) is 19.8. The number of aromatic nitrogens is 4. The quantitative estimate of drug-likeness (QED) is 0.724. The number of ether oxygens (including phenoxy) is 2. The van der Waals surface area contributed by atoms with Gasteiger partial charge >= 0.3 is 0 Å². The van der Waals surface area contributed by atoms with Gasteiger partial charge in [0.25, 0.3) is 11.8 Å². The summed E-state index contributed by atoms with van der Waals surface area (Å²) in [6.07, 6.45) is 5.00. The number of aromatic amines is 1. The molecule has 0 aliphatic carbocycles. The molecule has 4 rings (SSSR count). The van der Waals surface area contributed by atoms with Crippen LogP contribution in [-0.4, -0.2) is 54.4 Å². The van der Waals surface area contributed by atoms with Gasteiger partial charge in [0.2, 0.25) is 0 Å². The lowest BCUT2D eigenvalue weighted by molar-refractivity contribution is 0.0997. The first-order chi connectivity index (χ1) is 13.5. The summed E-state index contributed by atoms with van der Waals surface area (Å²) >= 11 is 0. The third kappa shape index (κ3) is 2.81. The standard InChI is InChI=1S/C19H20N6O3/c1-24(2)15-6-13(11-5-16(27-3)18(28-4)20-7-11)23-14-10-25(19(26)17(14)15)12-8-21-22-9-12/h5-9H,10H2,1-4H3,(H,21,22). The highest BCUT2D eigenvalue weighted by Gasteiger charge is 2.34. The van der Waals surface area contributed by atoms with Crippen molar-refractivity contribution >= 4 is 17.3 Å². The molecule has 1 aliphatic rings. The Bertz CT molecular complexity index is 1030. The monoisotopic (exact) mass is 380 g/mol. The highest BCUT2D eigenvalue weighted by atomic mass is 16.5. The number of nitrogens with zero attached hydrogens (tertiary/aromatic N) is 5. The maximum Gasteiger partial charge on any atom is 0.262 e. The van der Waals surface area contributed by atoms with Crippen LogP contribution in [0.15, 0.2) is 30.7 Å². The molecule has 0 fully saturated rings. The number of hydrogen-bond acceptors (Lipinski definition) is 7. The van der Waals surface area contributed by atoms with Gasteiger partial charge in [0, 0.05) is 32.1 Å². The molecule has 0 saturated carbocycles. The van der Waals surface area contributed by atoms with E-state index in [0.717, 1.165) is 11.3 Å². The summed E-state index contributed by atoms with van der Waals surface area (Å²) in [7, 11) is 6.91. The maximum atomic E-state index is 13.0. The molecule has 0 radical (unpaired) electrons. The molecule has 0 bridgehead atoms. The van der Waals surface area contributed by atoms with Gasteiger partial charge in [0.15, 0.2) is 5.75 Å². The van der Waals surface area contributed by atoms with E-state index in [9.17, 15) is 4.79 Å². The molecule has 0 saturated heterocycles. The number of anilines is 2. The number of fused-ring (bicyclic) bond motifs is 1. The van der Waals surface area contributed by atoms with Crippen LogP contribution in [0.5, 0.6) is 11.6 Å². The van der Waals surface area contributed by atoms with E-state index in [2.05, 4.69) is 15.2 Å². The van der Waals surface area contributed by atoms with Crippen molar-refractivity contribution in [3.63, 3.8) is 0 Å². The smallest absolute Gasteiger partial charge is 0.262 e. The van der Waals surface area contributed by atoms with Crippen LogP contribution in [0.25, 0.3) is 11.3 Å². The molecule has 3 aromatic rings. The second kappa shape index (κ2) is 6.84. The molecule has 9 heteroatoms. The van der Waals surface area contributed by atoms with Crippen molar-refractivity contribution in [1.29, 1.82) is 0 Å². The van der Waals surface area contributed by atoms with E-state index in [0.29, 0.717) is 40.8 Å². The molecule has 0 unspecified atom stereocenters. The third-order valence-electron chi connectivity index (χ3n) is 4.65. The SMILES string of the molecule is COc1cc(-c2cc(N(C)C)c3c(n2)CN(c2cn[nH]c2)C3=O)cnc1OC. The first-order valence-electron chi connectivity index (χ1n) is 8.63. The number of methoxy groups -OCH3 is 2. The molecule has 28 heavy (non-hydrogen) atoms. The van der Waals surface area contributed by atoms with Gasteiger partial charge < -0.3 is 14.4 Å². The topological polar surface area (TPSA) is 96.5 Å². The van der Waals surface area contributed by atoms with Gasteiger partial charge in [-0.05, 0) is 12.1 Å². The molecule has 4 heterocycles. The average molecular weight is 380 g/mol. The van der Waals surface area contributed by atoms with Crippen LogP contribution in [0, 0.1) is 0 Å². The van der Waals surface area contributed by atoms with Crippen LogP contribution in [0.4, 0.5) is 11.4 Å². The number of hydrogen-bond donors (Lipinski definition) is 1. The van der Waals surface area contributed by atoms with Crippen LogP contribution >= 0.6 is 0 Å². The minimum Gasteiger partial charge on any atom is -0.491 e. The Hall–Kier alpha value is -3.62. The predicted octanol–water partition coefficient (Wildman–Crippen LogP) is 2.11. The lowest BCUT2D eigenvalue weighted by Crippen LogP contribution is -2.23. The Kier molecular flexibility index (Phi) is 4.34. The van der Waals surface area contributed by atoms with Crippen LogP contribution in [0.1, 0.15) is 16.1 Å². The van der Waals surface area contributed by atoms with Crippen molar-refractivity contribution < 1.29 is 14.3 Å². The first-order valence-corrected chi connectivity index (χ1v) is 8.63. The summed E-state index contributed by atoms with van der Waals surface area (Å²) in [5.41, 5.74) is 4.30. The van der Waals surface area contributed by atoms with Crippen molar-refractivity contribution in [2.75, 3.05) is 38.1 Å². The van der Waals surface area contributed by atoms with Gasteiger partial charge in [-0.1, -0.05) is 0 Å². The number of H-pyrrole nitrogens is 1. The molecule has 1 N–H and O–H groups in total. The molecule has 0 atom stereocenters. The molecular weight excluding hydrogens is 360 g/mol. The zero-order valence-electron chi connectivity index (χ0n) is 16.1. The van der Waals surface area contributed by atoms with E-state index >= 15 is 0 Å². The van der Waals surface area contributed by atoms with Crippen molar-refractivity contribution in [2.24, 2.45) is 0 Å². The van der Waals surface area contributed by atoms with E-state index in [4.69, 9.17) is 14.5 Å². The van der Waals surface area contributed by atoms with Crippen molar-refractivity contribution in [1.82, 2.24) is 20.2 Å². The molecule has 3 aromatic heterocycles.